The monoisotopic (exact) mass is 313 g/mol. The van der Waals surface area contributed by atoms with Crippen molar-refractivity contribution in [1.82, 2.24) is 0 Å². The molecule has 0 amide bonds. The second kappa shape index (κ2) is 6.64. The molecule has 0 atom stereocenters. The molecule has 0 heterocycles. The Morgan fingerprint density at radius 3 is 2.33 bits per heavy atom. The summed E-state index contributed by atoms with van der Waals surface area (Å²) in [5.41, 5.74) is 7.57. The van der Waals surface area contributed by atoms with Crippen molar-refractivity contribution < 1.29 is 17.2 Å². The topological polar surface area (TPSA) is 89.6 Å². The van der Waals surface area contributed by atoms with Crippen molar-refractivity contribution in [3.63, 3.8) is 0 Å². The molecule has 104 valence electrons. The summed E-state index contributed by atoms with van der Waals surface area (Å²) >= 11 is 0.713. The van der Waals surface area contributed by atoms with Gasteiger partial charge in [0.1, 0.15) is 0 Å². The second-order valence-electron chi connectivity index (χ2n) is 4.50. The van der Waals surface area contributed by atoms with E-state index < -0.39 is 10.4 Å². The Labute approximate surface area is 140 Å². The molecule has 0 radical (unpaired) electrons. The molecule has 0 aliphatic heterocycles. The SMILES string of the molecule is Nc1ccc(/C=C(/OS(=O)(=O)O)c2cccc[c]2[Na])cc1. The molecule has 0 spiro atoms. The maximum atomic E-state index is 11.1. The van der Waals surface area contributed by atoms with Gasteiger partial charge in [0.05, 0.1) is 0 Å². The molecule has 21 heavy (non-hydrogen) atoms. The summed E-state index contributed by atoms with van der Waals surface area (Å²) in [6, 6.07) is 14.1. The molecule has 0 saturated heterocycles. The van der Waals surface area contributed by atoms with Gasteiger partial charge in [-0.25, -0.2) is 0 Å². The van der Waals surface area contributed by atoms with Gasteiger partial charge in [0.25, 0.3) is 0 Å². The van der Waals surface area contributed by atoms with E-state index >= 15 is 0 Å². The number of rotatable bonds is 4. The van der Waals surface area contributed by atoms with Crippen molar-refractivity contribution in [3.8, 4) is 0 Å². The van der Waals surface area contributed by atoms with Crippen molar-refractivity contribution >= 4 is 58.7 Å². The van der Waals surface area contributed by atoms with Gasteiger partial charge in [0.2, 0.25) is 0 Å². The maximum absolute atomic E-state index is 11.1. The van der Waals surface area contributed by atoms with E-state index in [-0.39, 0.29) is 5.76 Å². The van der Waals surface area contributed by atoms with Crippen LogP contribution in [-0.4, -0.2) is 40.9 Å². The minimum atomic E-state index is -4.59. The first-order valence-corrected chi connectivity index (χ1v) is 8.52. The minimum absolute atomic E-state index is 0.0767. The standard InChI is InChI=1S/C14H12NO4S.Na/c15-13-8-6-11(7-9-13)10-14(19-20(16,17)18)12-4-2-1-3-5-12;/h1-4,6-10H,15H2,(H,16,17,18);/b14-10+;. The third-order valence-corrected chi connectivity index (χ3v) is 4.10. The van der Waals surface area contributed by atoms with Crippen LogP contribution in [0, 0.1) is 0 Å². The number of nitrogens with two attached hydrogens (primary N) is 1. The van der Waals surface area contributed by atoms with Crippen LogP contribution in [-0.2, 0) is 14.6 Å². The van der Waals surface area contributed by atoms with Crippen LogP contribution in [0.3, 0.4) is 0 Å². The molecule has 3 N–H and O–H groups in total. The molecule has 5 nitrogen and oxygen atoms in total. The fourth-order valence-electron chi connectivity index (χ4n) is 1.85. The van der Waals surface area contributed by atoms with Crippen LogP contribution in [0.25, 0.3) is 11.8 Å². The molecular weight excluding hydrogens is 301 g/mol. The first-order chi connectivity index (χ1) is 9.85. The van der Waals surface area contributed by atoms with Crippen LogP contribution in [0.2, 0.25) is 0 Å². The molecular formula is C14H12NNaO4S. The van der Waals surface area contributed by atoms with E-state index in [2.05, 4.69) is 0 Å². The first kappa shape index (κ1) is 16.1. The third-order valence-electron chi connectivity index (χ3n) is 2.84. The van der Waals surface area contributed by atoms with E-state index in [4.69, 9.17) is 14.5 Å². The molecule has 2 aromatic carbocycles. The molecule has 0 unspecified atom stereocenters. The molecule has 0 aromatic heterocycles. The van der Waals surface area contributed by atoms with E-state index in [9.17, 15) is 8.42 Å². The van der Waals surface area contributed by atoms with Crippen molar-refractivity contribution in [1.29, 1.82) is 0 Å². The van der Waals surface area contributed by atoms with Crippen molar-refractivity contribution in [2.45, 2.75) is 0 Å². The van der Waals surface area contributed by atoms with Crippen LogP contribution < -0.4 is 8.55 Å². The number of hydrogen-bond acceptors (Lipinski definition) is 4. The molecule has 0 aliphatic rings. The molecule has 0 bridgehead atoms. The van der Waals surface area contributed by atoms with Crippen molar-refractivity contribution in [2.75, 3.05) is 5.73 Å². The predicted molar refractivity (Wildman–Crippen MR) is 83.2 cm³/mol. The quantitative estimate of drug-likeness (QED) is 0.293. The Hall–Kier alpha value is -1.31. The van der Waals surface area contributed by atoms with E-state index in [0.717, 1.165) is 2.81 Å². The van der Waals surface area contributed by atoms with Gasteiger partial charge >= 0.3 is 141 Å². The van der Waals surface area contributed by atoms with E-state index in [1.54, 1.807) is 42.5 Å². The molecule has 0 aliphatic carbocycles. The molecule has 2 aromatic rings. The van der Waals surface area contributed by atoms with Gasteiger partial charge in [0, 0.05) is 0 Å². The van der Waals surface area contributed by atoms with Gasteiger partial charge in [-0.05, 0) is 0 Å². The Bertz CT molecular complexity index is 770. The summed E-state index contributed by atoms with van der Waals surface area (Å²) in [5, 5.41) is 0. The Kier molecular flexibility index (Phi) is 5.08. The average Bonchev–Trinajstić information content (AvgIpc) is 2.40. The number of anilines is 1. The van der Waals surface area contributed by atoms with Gasteiger partial charge < -0.3 is 0 Å². The van der Waals surface area contributed by atoms with Gasteiger partial charge in [-0.3, -0.25) is 0 Å². The van der Waals surface area contributed by atoms with Crippen molar-refractivity contribution in [2.24, 2.45) is 0 Å². The van der Waals surface area contributed by atoms with Crippen LogP contribution in [0.5, 0.6) is 0 Å². The number of nitrogen functional groups attached to an aromatic ring is 1. The van der Waals surface area contributed by atoms with Gasteiger partial charge in [-0.15, -0.1) is 0 Å². The zero-order chi connectivity index (χ0) is 15.5. The average molecular weight is 313 g/mol. The first-order valence-electron chi connectivity index (χ1n) is 6.15. The second-order valence-corrected chi connectivity index (χ2v) is 6.60. The summed E-state index contributed by atoms with van der Waals surface area (Å²) in [4.78, 5) is 0. The third kappa shape index (κ3) is 4.87. The molecule has 0 fully saturated rings. The Morgan fingerprint density at radius 1 is 1.14 bits per heavy atom. The summed E-state index contributed by atoms with van der Waals surface area (Å²) < 4.78 is 36.8. The van der Waals surface area contributed by atoms with Gasteiger partial charge in [-0.2, -0.15) is 0 Å². The van der Waals surface area contributed by atoms with Gasteiger partial charge in [0.15, 0.2) is 0 Å². The van der Waals surface area contributed by atoms with Crippen LogP contribution in [0.15, 0.2) is 48.5 Å². The van der Waals surface area contributed by atoms with E-state index in [0.29, 0.717) is 44.7 Å². The number of hydrogen-bond donors (Lipinski definition) is 2. The summed E-state index contributed by atoms with van der Waals surface area (Å²) in [5.74, 6) is 0.0767. The fraction of sp³-hybridized carbons (Fsp3) is 0. The molecule has 0 saturated carbocycles. The molecule has 7 heteroatoms. The summed E-state index contributed by atoms with van der Waals surface area (Å²) in [6.45, 7) is 0. The van der Waals surface area contributed by atoms with E-state index in [1.807, 2.05) is 12.1 Å². The zero-order valence-electron chi connectivity index (χ0n) is 11.4. The fourth-order valence-corrected chi connectivity index (χ4v) is 2.82. The predicted octanol–water partition coefficient (Wildman–Crippen LogP) is 1.38. The van der Waals surface area contributed by atoms with E-state index in [1.165, 1.54) is 0 Å². The van der Waals surface area contributed by atoms with Crippen LogP contribution in [0.1, 0.15) is 11.1 Å². The van der Waals surface area contributed by atoms with Gasteiger partial charge in [-0.1, -0.05) is 0 Å². The number of benzene rings is 2. The zero-order valence-corrected chi connectivity index (χ0v) is 14.2. The summed E-state index contributed by atoms with van der Waals surface area (Å²) in [7, 11) is -4.59. The van der Waals surface area contributed by atoms with Crippen LogP contribution >= 0.6 is 0 Å². The van der Waals surface area contributed by atoms with Crippen molar-refractivity contribution in [3.05, 3.63) is 59.7 Å². The Morgan fingerprint density at radius 2 is 1.76 bits per heavy atom. The molecule has 2 rings (SSSR count). The summed E-state index contributed by atoms with van der Waals surface area (Å²) in [6.07, 6.45) is 1.55. The normalized spacial score (nSPS) is 12.2. The van der Waals surface area contributed by atoms with Crippen LogP contribution in [0.4, 0.5) is 5.69 Å². The Balaban J connectivity index is 2.51.